The molecule has 4 rings (SSSR count). The number of hydrogen-bond acceptors (Lipinski definition) is 3. The molecule has 0 unspecified atom stereocenters. The van der Waals surface area contributed by atoms with Gasteiger partial charge in [0.2, 0.25) is 10.0 Å². The zero-order valence-electron chi connectivity index (χ0n) is 14.0. The van der Waals surface area contributed by atoms with Gasteiger partial charge in [-0.1, -0.05) is 0 Å². The van der Waals surface area contributed by atoms with E-state index in [1.54, 1.807) is 35.8 Å². The van der Waals surface area contributed by atoms with Gasteiger partial charge in [-0.15, -0.1) is 0 Å². The number of aryl methyl sites for hydroxylation is 1. The second kappa shape index (κ2) is 5.17. The van der Waals surface area contributed by atoms with Crippen molar-refractivity contribution in [1.82, 2.24) is 9.29 Å². The van der Waals surface area contributed by atoms with Crippen LogP contribution in [0.2, 0.25) is 0 Å². The van der Waals surface area contributed by atoms with Gasteiger partial charge in [-0.05, 0) is 69.7 Å². The topological polar surface area (TPSA) is 68.2 Å². The third-order valence-corrected chi connectivity index (χ3v) is 6.71. The van der Waals surface area contributed by atoms with Crippen LogP contribution in [0.3, 0.4) is 0 Å². The van der Waals surface area contributed by atoms with E-state index in [9.17, 15) is 13.2 Å². The van der Waals surface area contributed by atoms with Crippen LogP contribution in [0.4, 0.5) is 0 Å². The molecule has 2 fully saturated rings. The van der Waals surface area contributed by atoms with Crippen LogP contribution in [0.1, 0.15) is 38.2 Å². The van der Waals surface area contributed by atoms with E-state index in [4.69, 9.17) is 0 Å². The predicted molar refractivity (Wildman–Crippen MR) is 93.6 cm³/mol. The van der Waals surface area contributed by atoms with Crippen molar-refractivity contribution in [2.24, 2.45) is 5.92 Å². The monoisotopic (exact) mass is 346 g/mol. The van der Waals surface area contributed by atoms with Crippen molar-refractivity contribution in [3.8, 4) is 0 Å². The maximum atomic E-state index is 12.6. The summed E-state index contributed by atoms with van der Waals surface area (Å²) in [5, 5.41) is 0.802. The summed E-state index contributed by atoms with van der Waals surface area (Å²) >= 11 is 0. The van der Waals surface area contributed by atoms with Crippen molar-refractivity contribution in [3.05, 3.63) is 40.2 Å². The van der Waals surface area contributed by atoms with Gasteiger partial charge in [-0.3, -0.25) is 4.79 Å². The highest BCUT2D eigenvalue weighted by molar-refractivity contribution is 7.89. The highest BCUT2D eigenvalue weighted by Gasteiger charge is 2.41. The number of aromatic nitrogens is 1. The zero-order chi connectivity index (χ0) is 17.1. The van der Waals surface area contributed by atoms with Gasteiger partial charge in [-0.2, -0.15) is 0 Å². The lowest BCUT2D eigenvalue weighted by molar-refractivity contribution is 0.558. The Kier molecular flexibility index (Phi) is 3.41. The third-order valence-electron chi connectivity index (χ3n) is 5.07. The average molecular weight is 346 g/mol. The van der Waals surface area contributed by atoms with Gasteiger partial charge in [0, 0.05) is 23.0 Å². The van der Waals surface area contributed by atoms with E-state index in [0.717, 1.165) is 43.1 Å². The molecule has 0 radical (unpaired) electrons. The predicted octanol–water partition coefficient (Wildman–Crippen LogP) is 2.55. The molecule has 2 aliphatic carbocycles. The van der Waals surface area contributed by atoms with Crippen molar-refractivity contribution < 1.29 is 8.42 Å². The fourth-order valence-corrected chi connectivity index (χ4v) is 4.59. The van der Waals surface area contributed by atoms with E-state index < -0.39 is 10.0 Å². The SMILES string of the molecule is Cc1cc2cc(S(=O)(=O)NC3(C)CC3)ccc2n(CC2CC2)c1=O. The lowest BCUT2D eigenvalue weighted by atomic mass is 10.1. The molecule has 6 heteroatoms. The largest absolute Gasteiger partial charge is 0.308 e. The Morgan fingerprint density at radius 1 is 1.25 bits per heavy atom. The quantitative estimate of drug-likeness (QED) is 0.905. The van der Waals surface area contributed by atoms with Crippen LogP contribution in [0, 0.1) is 12.8 Å². The molecule has 0 bridgehead atoms. The van der Waals surface area contributed by atoms with Gasteiger partial charge in [0.05, 0.1) is 10.4 Å². The number of pyridine rings is 1. The summed E-state index contributed by atoms with van der Waals surface area (Å²) in [6.45, 7) is 4.43. The Bertz CT molecular complexity index is 983. The van der Waals surface area contributed by atoms with Crippen LogP contribution in [-0.4, -0.2) is 18.5 Å². The van der Waals surface area contributed by atoms with Gasteiger partial charge >= 0.3 is 0 Å². The smallest absolute Gasteiger partial charge is 0.253 e. The first-order chi connectivity index (χ1) is 11.3. The van der Waals surface area contributed by atoms with Gasteiger partial charge < -0.3 is 4.57 Å². The molecule has 1 N–H and O–H groups in total. The second-order valence-corrected chi connectivity index (χ2v) is 9.26. The molecule has 1 aromatic heterocycles. The Balaban J connectivity index is 1.80. The molecule has 0 spiro atoms. The minimum absolute atomic E-state index is 0.0219. The summed E-state index contributed by atoms with van der Waals surface area (Å²) < 4.78 is 29.7. The van der Waals surface area contributed by atoms with Crippen LogP contribution in [0.15, 0.2) is 34.0 Å². The first-order valence-corrected chi connectivity index (χ1v) is 9.94. The Morgan fingerprint density at radius 3 is 2.58 bits per heavy atom. The second-order valence-electron chi connectivity index (χ2n) is 7.57. The van der Waals surface area contributed by atoms with Crippen molar-refractivity contribution >= 4 is 20.9 Å². The molecule has 24 heavy (non-hydrogen) atoms. The van der Waals surface area contributed by atoms with E-state index >= 15 is 0 Å². The van der Waals surface area contributed by atoms with Gasteiger partial charge in [0.15, 0.2) is 0 Å². The number of sulfonamides is 1. The van der Waals surface area contributed by atoms with Crippen LogP contribution >= 0.6 is 0 Å². The van der Waals surface area contributed by atoms with E-state index in [-0.39, 0.29) is 16.0 Å². The van der Waals surface area contributed by atoms with E-state index in [1.807, 2.05) is 6.92 Å². The molecule has 2 aliphatic rings. The van der Waals surface area contributed by atoms with Crippen molar-refractivity contribution in [2.75, 3.05) is 0 Å². The van der Waals surface area contributed by atoms with Crippen LogP contribution in [-0.2, 0) is 16.6 Å². The van der Waals surface area contributed by atoms with Gasteiger partial charge in [-0.25, -0.2) is 13.1 Å². The van der Waals surface area contributed by atoms with Crippen LogP contribution in [0.5, 0.6) is 0 Å². The van der Waals surface area contributed by atoms with E-state index in [1.165, 1.54) is 0 Å². The number of fused-ring (bicyclic) bond motifs is 1. The van der Waals surface area contributed by atoms with Crippen LogP contribution < -0.4 is 10.3 Å². The number of rotatable bonds is 5. The highest BCUT2D eigenvalue weighted by atomic mass is 32.2. The number of benzene rings is 1. The first-order valence-electron chi connectivity index (χ1n) is 8.46. The molecule has 1 aromatic carbocycles. The standard InChI is InChI=1S/C18H22N2O3S/c1-12-9-14-10-15(24(22,23)19-18(2)7-8-18)5-6-16(14)20(17(12)21)11-13-3-4-13/h5-6,9-10,13,19H,3-4,7-8,11H2,1-2H3. The molecular weight excluding hydrogens is 324 g/mol. The van der Waals surface area contributed by atoms with E-state index in [0.29, 0.717) is 11.5 Å². The van der Waals surface area contributed by atoms with Crippen LogP contribution in [0.25, 0.3) is 10.9 Å². The fourth-order valence-electron chi connectivity index (χ4n) is 3.09. The molecule has 0 atom stereocenters. The third kappa shape index (κ3) is 2.89. The number of hydrogen-bond donors (Lipinski definition) is 1. The summed E-state index contributed by atoms with van der Waals surface area (Å²) in [5.74, 6) is 0.576. The summed E-state index contributed by atoms with van der Waals surface area (Å²) in [7, 11) is -3.53. The van der Waals surface area contributed by atoms with Gasteiger partial charge in [0.1, 0.15) is 0 Å². The fraction of sp³-hybridized carbons (Fsp3) is 0.500. The molecule has 2 aromatic rings. The summed E-state index contributed by atoms with van der Waals surface area (Å²) in [5.41, 5.74) is 1.19. The van der Waals surface area contributed by atoms with Crippen molar-refractivity contribution in [3.63, 3.8) is 0 Å². The zero-order valence-corrected chi connectivity index (χ0v) is 14.8. The molecular formula is C18H22N2O3S. The van der Waals surface area contributed by atoms with Crippen molar-refractivity contribution in [1.29, 1.82) is 0 Å². The summed E-state index contributed by atoms with van der Waals surface area (Å²) in [4.78, 5) is 12.7. The highest BCUT2D eigenvalue weighted by Crippen LogP contribution is 2.36. The normalized spacial score (nSPS) is 19.6. The summed E-state index contributed by atoms with van der Waals surface area (Å²) in [6, 6.07) is 6.84. The molecule has 0 saturated heterocycles. The minimum atomic E-state index is -3.53. The molecule has 0 aliphatic heterocycles. The Labute approximate surface area is 141 Å². The Hall–Kier alpha value is -1.66. The average Bonchev–Trinajstić information content (AvgIpc) is 3.42. The molecule has 128 valence electrons. The molecule has 5 nitrogen and oxygen atoms in total. The lowest BCUT2D eigenvalue weighted by Crippen LogP contribution is -2.34. The van der Waals surface area contributed by atoms with E-state index in [2.05, 4.69) is 4.72 Å². The Morgan fingerprint density at radius 2 is 1.96 bits per heavy atom. The maximum absolute atomic E-state index is 12.6. The lowest BCUT2D eigenvalue weighted by Gasteiger charge is -2.15. The molecule has 1 heterocycles. The van der Waals surface area contributed by atoms with Gasteiger partial charge in [0.25, 0.3) is 5.56 Å². The molecule has 2 saturated carbocycles. The molecule has 0 amide bonds. The van der Waals surface area contributed by atoms with Crippen molar-refractivity contribution in [2.45, 2.75) is 56.5 Å². The minimum Gasteiger partial charge on any atom is -0.308 e. The number of nitrogens with zero attached hydrogens (tertiary/aromatic N) is 1. The number of nitrogens with one attached hydrogen (secondary N) is 1. The first kappa shape index (κ1) is 15.8. The maximum Gasteiger partial charge on any atom is 0.253 e. The summed E-state index contributed by atoms with van der Waals surface area (Å²) in [6.07, 6.45) is 4.08.